The number of hydrogen-bond acceptors (Lipinski definition) is 7. The fourth-order valence-electron chi connectivity index (χ4n) is 0.962. The molecule has 1 rings (SSSR count). The predicted octanol–water partition coefficient (Wildman–Crippen LogP) is 0.482. The van der Waals surface area contributed by atoms with Gasteiger partial charge in [0, 0.05) is 7.05 Å². The summed E-state index contributed by atoms with van der Waals surface area (Å²) in [6, 6.07) is 0.117. The standard InChI is InChI=1S/C9H14N4O4/c1-5-17-9(14)13(2)6-10-7(15-3)12-8(11-6)16-4/h5H2,1-4H3. The van der Waals surface area contributed by atoms with E-state index < -0.39 is 6.09 Å². The summed E-state index contributed by atoms with van der Waals surface area (Å²) in [5, 5.41) is 0. The van der Waals surface area contributed by atoms with Gasteiger partial charge in [0.05, 0.1) is 20.8 Å². The second-order valence-corrected chi connectivity index (χ2v) is 2.87. The molecule has 0 aliphatic carbocycles. The predicted molar refractivity (Wildman–Crippen MR) is 58.4 cm³/mol. The van der Waals surface area contributed by atoms with Crippen molar-refractivity contribution in [1.82, 2.24) is 15.0 Å². The fraction of sp³-hybridized carbons (Fsp3) is 0.556. The topological polar surface area (TPSA) is 86.7 Å². The van der Waals surface area contributed by atoms with Gasteiger partial charge in [-0.3, -0.25) is 0 Å². The van der Waals surface area contributed by atoms with Gasteiger partial charge >= 0.3 is 18.1 Å². The maximum Gasteiger partial charge on any atom is 0.416 e. The SMILES string of the molecule is CCOC(=O)N(C)c1nc(OC)nc(OC)n1. The third-order valence-corrected chi connectivity index (χ3v) is 1.79. The van der Waals surface area contributed by atoms with Crippen molar-refractivity contribution >= 4 is 12.0 Å². The van der Waals surface area contributed by atoms with E-state index in [1.165, 1.54) is 21.3 Å². The minimum Gasteiger partial charge on any atom is -0.467 e. The summed E-state index contributed by atoms with van der Waals surface area (Å²) in [6.07, 6.45) is -0.567. The average Bonchev–Trinajstić information content (AvgIpc) is 2.37. The molecule has 0 spiro atoms. The van der Waals surface area contributed by atoms with E-state index in [4.69, 9.17) is 14.2 Å². The number of methoxy groups -OCH3 is 2. The molecule has 8 nitrogen and oxygen atoms in total. The molecule has 0 aliphatic heterocycles. The highest BCUT2D eigenvalue weighted by Gasteiger charge is 2.17. The number of anilines is 1. The Labute approximate surface area is 98.5 Å². The van der Waals surface area contributed by atoms with Gasteiger partial charge in [0.25, 0.3) is 0 Å². The number of ether oxygens (including phenoxy) is 3. The normalized spacial score (nSPS) is 9.65. The third kappa shape index (κ3) is 3.16. The zero-order chi connectivity index (χ0) is 12.8. The molecule has 0 saturated heterocycles. The highest BCUT2D eigenvalue weighted by molar-refractivity contribution is 5.84. The lowest BCUT2D eigenvalue weighted by molar-refractivity contribution is 0.161. The summed E-state index contributed by atoms with van der Waals surface area (Å²) in [4.78, 5) is 24.2. The van der Waals surface area contributed by atoms with Gasteiger partial charge in [-0.05, 0) is 6.92 Å². The third-order valence-electron chi connectivity index (χ3n) is 1.79. The Morgan fingerprint density at radius 3 is 2.12 bits per heavy atom. The summed E-state index contributed by atoms with van der Waals surface area (Å²) in [7, 11) is 4.29. The van der Waals surface area contributed by atoms with Gasteiger partial charge in [-0.1, -0.05) is 0 Å². The van der Waals surface area contributed by atoms with Crippen LogP contribution in [0.5, 0.6) is 12.0 Å². The first-order valence-corrected chi connectivity index (χ1v) is 4.86. The van der Waals surface area contributed by atoms with E-state index >= 15 is 0 Å². The van der Waals surface area contributed by atoms with Crippen LogP contribution in [0.25, 0.3) is 0 Å². The van der Waals surface area contributed by atoms with Crippen LogP contribution in [0.2, 0.25) is 0 Å². The molecule has 8 heteroatoms. The van der Waals surface area contributed by atoms with Crippen molar-refractivity contribution in [1.29, 1.82) is 0 Å². The Morgan fingerprint density at radius 1 is 1.18 bits per heavy atom. The van der Waals surface area contributed by atoms with Gasteiger partial charge in [0.1, 0.15) is 0 Å². The molecular formula is C9H14N4O4. The number of carbonyl (C=O) groups is 1. The van der Waals surface area contributed by atoms with Crippen molar-refractivity contribution in [3.05, 3.63) is 0 Å². The number of carbonyl (C=O) groups excluding carboxylic acids is 1. The monoisotopic (exact) mass is 242 g/mol. The number of rotatable bonds is 4. The molecule has 0 unspecified atom stereocenters. The van der Waals surface area contributed by atoms with Crippen molar-refractivity contribution in [2.75, 3.05) is 32.8 Å². The first-order chi connectivity index (χ1) is 8.12. The van der Waals surface area contributed by atoms with Crippen molar-refractivity contribution < 1.29 is 19.0 Å². The maximum absolute atomic E-state index is 11.5. The Bertz CT molecular complexity index is 376. The smallest absolute Gasteiger partial charge is 0.416 e. The molecule has 0 saturated carbocycles. The first kappa shape index (κ1) is 12.9. The van der Waals surface area contributed by atoms with E-state index in [0.717, 1.165) is 4.90 Å². The number of aromatic nitrogens is 3. The number of hydrogen-bond donors (Lipinski definition) is 0. The molecule has 17 heavy (non-hydrogen) atoms. The quantitative estimate of drug-likeness (QED) is 0.758. The highest BCUT2D eigenvalue weighted by Crippen LogP contribution is 2.15. The molecule has 1 amide bonds. The summed E-state index contributed by atoms with van der Waals surface area (Å²) < 4.78 is 14.5. The lowest BCUT2D eigenvalue weighted by Gasteiger charge is -2.14. The van der Waals surface area contributed by atoms with E-state index in [2.05, 4.69) is 15.0 Å². The highest BCUT2D eigenvalue weighted by atomic mass is 16.6. The van der Waals surface area contributed by atoms with Crippen LogP contribution in [-0.2, 0) is 4.74 Å². The molecule has 0 fully saturated rings. The van der Waals surface area contributed by atoms with Crippen LogP contribution in [-0.4, -0.2) is 48.9 Å². The van der Waals surface area contributed by atoms with Gasteiger partial charge in [-0.2, -0.15) is 9.97 Å². The van der Waals surface area contributed by atoms with Crippen molar-refractivity contribution in [2.45, 2.75) is 6.92 Å². The second-order valence-electron chi connectivity index (χ2n) is 2.87. The van der Waals surface area contributed by atoms with Crippen LogP contribution in [0.3, 0.4) is 0 Å². The van der Waals surface area contributed by atoms with Crippen LogP contribution in [0.4, 0.5) is 10.7 Å². The summed E-state index contributed by atoms with van der Waals surface area (Å²) in [5.41, 5.74) is 0. The van der Waals surface area contributed by atoms with Crippen molar-refractivity contribution in [3.63, 3.8) is 0 Å². The number of nitrogens with zero attached hydrogens (tertiary/aromatic N) is 4. The van der Waals surface area contributed by atoms with Crippen LogP contribution in [0.15, 0.2) is 0 Å². The molecular weight excluding hydrogens is 228 g/mol. The Balaban J connectivity index is 2.99. The molecule has 1 heterocycles. The number of amides is 1. The van der Waals surface area contributed by atoms with Crippen LogP contribution in [0.1, 0.15) is 6.92 Å². The van der Waals surface area contributed by atoms with Crippen molar-refractivity contribution in [3.8, 4) is 12.0 Å². The fourth-order valence-corrected chi connectivity index (χ4v) is 0.962. The Kier molecular flexibility index (Phi) is 4.44. The largest absolute Gasteiger partial charge is 0.467 e. The lowest BCUT2D eigenvalue weighted by Crippen LogP contribution is -2.29. The first-order valence-electron chi connectivity index (χ1n) is 4.86. The second kappa shape index (κ2) is 5.83. The molecule has 1 aromatic heterocycles. The van der Waals surface area contributed by atoms with E-state index in [9.17, 15) is 4.79 Å². The molecule has 0 N–H and O–H groups in total. The molecule has 0 radical (unpaired) electrons. The minimum absolute atomic E-state index is 0.0583. The zero-order valence-electron chi connectivity index (χ0n) is 10.1. The lowest BCUT2D eigenvalue weighted by atomic mass is 10.7. The van der Waals surface area contributed by atoms with Crippen LogP contribution < -0.4 is 14.4 Å². The van der Waals surface area contributed by atoms with Gasteiger partial charge < -0.3 is 14.2 Å². The van der Waals surface area contributed by atoms with E-state index in [1.54, 1.807) is 6.92 Å². The molecule has 0 bridgehead atoms. The summed E-state index contributed by atoms with van der Waals surface area (Å²) >= 11 is 0. The van der Waals surface area contributed by atoms with Crippen LogP contribution in [0, 0.1) is 0 Å². The van der Waals surface area contributed by atoms with E-state index in [0.29, 0.717) is 0 Å². The summed E-state index contributed by atoms with van der Waals surface area (Å²) in [5.74, 6) is 0.0900. The van der Waals surface area contributed by atoms with Gasteiger partial charge in [-0.25, -0.2) is 9.69 Å². The summed E-state index contributed by atoms with van der Waals surface area (Å²) in [6.45, 7) is 1.98. The van der Waals surface area contributed by atoms with Gasteiger partial charge in [0.2, 0.25) is 5.95 Å². The minimum atomic E-state index is -0.567. The van der Waals surface area contributed by atoms with Gasteiger partial charge in [-0.15, -0.1) is 4.98 Å². The van der Waals surface area contributed by atoms with E-state index in [-0.39, 0.29) is 24.6 Å². The average molecular weight is 242 g/mol. The van der Waals surface area contributed by atoms with Crippen LogP contribution >= 0.6 is 0 Å². The molecule has 1 aromatic rings. The molecule has 94 valence electrons. The van der Waals surface area contributed by atoms with Crippen molar-refractivity contribution in [2.24, 2.45) is 0 Å². The Morgan fingerprint density at radius 2 is 1.71 bits per heavy atom. The zero-order valence-corrected chi connectivity index (χ0v) is 10.1. The molecule has 0 aliphatic rings. The van der Waals surface area contributed by atoms with Gasteiger partial charge in [0.15, 0.2) is 0 Å². The molecule has 0 aromatic carbocycles. The van der Waals surface area contributed by atoms with E-state index in [1.807, 2.05) is 0 Å². The maximum atomic E-state index is 11.5. The Hall–Kier alpha value is -2.12. The molecule has 0 atom stereocenters.